The molecule has 5 aromatic rings. The van der Waals surface area contributed by atoms with E-state index < -0.39 is 67.6 Å². The Hall–Kier alpha value is -4.34. The van der Waals surface area contributed by atoms with Gasteiger partial charge in [0.2, 0.25) is 0 Å². The van der Waals surface area contributed by atoms with Crippen LogP contribution in [0.4, 0.5) is 0 Å². The van der Waals surface area contributed by atoms with Crippen LogP contribution in [-0.2, 0) is 73.8 Å². The van der Waals surface area contributed by atoms with Gasteiger partial charge in [-0.1, -0.05) is 152 Å². The van der Waals surface area contributed by atoms with Crippen molar-refractivity contribution >= 4 is 0 Å². The second-order valence-corrected chi connectivity index (χ2v) is 15.0. The van der Waals surface area contributed by atoms with Crippen LogP contribution in [0.2, 0.25) is 0 Å². The van der Waals surface area contributed by atoms with Gasteiger partial charge in [0, 0.05) is 12.7 Å². The van der Waals surface area contributed by atoms with Gasteiger partial charge in [-0.05, 0) is 22.3 Å². The van der Waals surface area contributed by atoms with Crippen molar-refractivity contribution in [3.63, 3.8) is 0 Å². The Morgan fingerprint density at radius 3 is 1.56 bits per heavy atom. The predicted octanol–water partition coefficient (Wildman–Crippen LogP) is 6.88. The fourth-order valence-corrected chi connectivity index (χ4v) is 7.76. The number of nitrogens with two attached hydrogens (primary N) is 1. The predicted molar refractivity (Wildman–Crippen MR) is 218 cm³/mol. The van der Waals surface area contributed by atoms with E-state index in [0.717, 1.165) is 27.8 Å². The van der Waals surface area contributed by atoms with Gasteiger partial charge in [0.25, 0.3) is 0 Å². The van der Waals surface area contributed by atoms with Crippen molar-refractivity contribution in [2.75, 3.05) is 20.3 Å². The molecule has 8 rings (SSSR count). The molecule has 310 valence electrons. The Kier molecular flexibility index (Phi) is 14.6. The highest BCUT2D eigenvalue weighted by Crippen LogP contribution is 2.38. The highest BCUT2D eigenvalue weighted by molar-refractivity contribution is 5.18. The summed E-state index contributed by atoms with van der Waals surface area (Å²) in [4.78, 5) is 0. The van der Waals surface area contributed by atoms with E-state index in [1.807, 2.05) is 152 Å². The van der Waals surface area contributed by atoms with Crippen molar-refractivity contribution in [1.29, 1.82) is 0 Å². The third-order valence-corrected chi connectivity index (χ3v) is 10.8. The van der Waals surface area contributed by atoms with Gasteiger partial charge < -0.3 is 53.1 Å². The Morgan fingerprint density at radius 1 is 0.525 bits per heavy atom. The molecule has 11 nitrogen and oxygen atoms in total. The minimum Gasteiger partial charge on any atom is -0.374 e. The number of rotatable bonds is 17. The number of methoxy groups -OCH3 is 1. The third-order valence-electron chi connectivity index (χ3n) is 10.8. The van der Waals surface area contributed by atoms with Crippen LogP contribution >= 0.6 is 0 Å². The topological polar surface area (TPSA) is 118 Å². The molecule has 0 bridgehead atoms. The maximum atomic E-state index is 7.17. The molecule has 0 aliphatic carbocycles. The minimum atomic E-state index is -0.989. The molecule has 3 aliphatic rings. The Morgan fingerprint density at radius 2 is 1.02 bits per heavy atom. The first-order valence-electron chi connectivity index (χ1n) is 20.3. The van der Waals surface area contributed by atoms with Gasteiger partial charge in [-0.2, -0.15) is 0 Å². The van der Waals surface area contributed by atoms with Crippen molar-refractivity contribution in [2.24, 2.45) is 5.73 Å². The second-order valence-electron chi connectivity index (χ2n) is 15.0. The summed E-state index contributed by atoms with van der Waals surface area (Å²) >= 11 is 0. The van der Waals surface area contributed by atoms with Crippen LogP contribution < -0.4 is 5.73 Å². The molecule has 11 atom stereocenters. The summed E-state index contributed by atoms with van der Waals surface area (Å²) < 4.78 is 66.0. The zero-order chi connectivity index (χ0) is 40.2. The number of ether oxygens (including phenoxy) is 10. The molecular weight excluding hydrogens is 751 g/mol. The van der Waals surface area contributed by atoms with Crippen LogP contribution in [0.5, 0.6) is 0 Å². The lowest BCUT2D eigenvalue weighted by molar-refractivity contribution is -0.381. The van der Waals surface area contributed by atoms with Crippen LogP contribution in [0, 0.1) is 0 Å². The molecule has 2 N–H and O–H groups in total. The first kappa shape index (κ1) is 41.4. The lowest BCUT2D eigenvalue weighted by Crippen LogP contribution is -2.68. The number of benzene rings is 5. The molecule has 3 heterocycles. The average Bonchev–Trinajstić information content (AvgIpc) is 3.29. The zero-order valence-electron chi connectivity index (χ0n) is 33.2. The summed E-state index contributed by atoms with van der Waals surface area (Å²) in [5.41, 5.74) is 12.0. The first-order chi connectivity index (χ1) is 29.1. The molecule has 11 heteroatoms. The van der Waals surface area contributed by atoms with Crippen molar-refractivity contribution in [3.05, 3.63) is 179 Å². The molecule has 0 aromatic heterocycles. The van der Waals surface area contributed by atoms with E-state index in [0.29, 0.717) is 6.61 Å². The zero-order valence-corrected chi connectivity index (χ0v) is 33.2. The molecule has 0 amide bonds. The molecule has 0 spiro atoms. The molecule has 3 aliphatic heterocycles. The highest BCUT2D eigenvalue weighted by atomic mass is 16.8. The second kappa shape index (κ2) is 20.8. The first-order valence-corrected chi connectivity index (χ1v) is 20.3. The number of fused-ring (bicyclic) bond motifs is 1. The molecule has 0 saturated carbocycles. The summed E-state index contributed by atoms with van der Waals surface area (Å²) in [7, 11) is 1.60. The highest BCUT2D eigenvalue weighted by Gasteiger charge is 2.54. The number of hydrogen-bond donors (Lipinski definition) is 1. The smallest absolute Gasteiger partial charge is 0.186 e. The van der Waals surface area contributed by atoms with E-state index in [1.165, 1.54) is 0 Å². The van der Waals surface area contributed by atoms with E-state index in [1.54, 1.807) is 7.11 Å². The van der Waals surface area contributed by atoms with Gasteiger partial charge in [-0.15, -0.1) is 0 Å². The van der Waals surface area contributed by atoms with Crippen molar-refractivity contribution in [2.45, 2.75) is 94.1 Å². The van der Waals surface area contributed by atoms with Gasteiger partial charge in [-0.25, -0.2) is 0 Å². The van der Waals surface area contributed by atoms with E-state index in [2.05, 4.69) is 0 Å². The Balaban J connectivity index is 1.11. The standard InChI is InChI=1S/C48H53NO10/c1-50-47-45(54-30-36-23-13-5-14-24-36)44(53-29-35-21-11-4-12-22-35)42(38(56-47)31-51-27-33-17-7-2-8-18-33)59-48-43(52-28-34-19-9-3-10-20-34)40(49)41-39(57-48)32-55-46(58-41)37-25-15-6-16-26-37/h2-26,38-48H,27-32,49H2,1H3/t38-,39-,40+,41-,42-,43+,44+,45-,46-,47+,48+/m1/s1. The van der Waals surface area contributed by atoms with Crippen molar-refractivity contribution < 1.29 is 47.4 Å². The van der Waals surface area contributed by atoms with E-state index in [4.69, 9.17) is 53.1 Å². The maximum Gasteiger partial charge on any atom is 0.186 e. The van der Waals surface area contributed by atoms with Gasteiger partial charge in [-0.3, -0.25) is 0 Å². The average molecular weight is 804 g/mol. The largest absolute Gasteiger partial charge is 0.374 e. The monoisotopic (exact) mass is 803 g/mol. The summed E-state index contributed by atoms with van der Waals surface area (Å²) in [6.45, 7) is 1.58. The molecule has 3 saturated heterocycles. The van der Waals surface area contributed by atoms with Crippen molar-refractivity contribution in [1.82, 2.24) is 0 Å². The van der Waals surface area contributed by atoms with Crippen LogP contribution in [0.15, 0.2) is 152 Å². The maximum absolute atomic E-state index is 7.17. The normalized spacial score (nSPS) is 29.4. The van der Waals surface area contributed by atoms with Crippen LogP contribution in [0.3, 0.4) is 0 Å². The van der Waals surface area contributed by atoms with Gasteiger partial charge in [0.05, 0.1) is 45.7 Å². The third kappa shape index (κ3) is 10.7. The summed E-state index contributed by atoms with van der Waals surface area (Å²) in [5.74, 6) is 0. The molecule has 5 aromatic carbocycles. The van der Waals surface area contributed by atoms with E-state index in [9.17, 15) is 0 Å². The Bertz CT molecular complexity index is 1950. The summed E-state index contributed by atoms with van der Waals surface area (Å²) in [6.07, 6.45) is -7.22. The van der Waals surface area contributed by atoms with Crippen molar-refractivity contribution in [3.8, 4) is 0 Å². The van der Waals surface area contributed by atoms with Gasteiger partial charge in [0.15, 0.2) is 18.9 Å². The lowest BCUT2D eigenvalue weighted by atomic mass is 9.94. The van der Waals surface area contributed by atoms with E-state index in [-0.39, 0.29) is 33.0 Å². The van der Waals surface area contributed by atoms with Gasteiger partial charge >= 0.3 is 0 Å². The molecule has 3 fully saturated rings. The minimum absolute atomic E-state index is 0.154. The SMILES string of the molecule is CO[C@H]1O[C@H](COCc2ccccc2)[C@@H](O[C@@H]2O[C@@H]3CO[C@@H](c4ccccc4)O[C@H]3[C@H](N)[C@@H]2OCc2ccccc2)[C@H](OCc2ccccc2)[C@H]1OCc1ccccc1. The van der Waals surface area contributed by atoms with Crippen LogP contribution in [0.1, 0.15) is 34.1 Å². The van der Waals surface area contributed by atoms with Crippen LogP contribution in [-0.4, -0.2) is 81.7 Å². The Labute approximate surface area is 346 Å². The fraction of sp³-hybridized carbons (Fsp3) is 0.375. The quantitative estimate of drug-likeness (QED) is 0.106. The lowest BCUT2D eigenvalue weighted by Gasteiger charge is -2.51. The molecule has 0 unspecified atom stereocenters. The molecule has 0 radical (unpaired) electrons. The fourth-order valence-electron chi connectivity index (χ4n) is 7.76. The molecular formula is C48H53NO10. The number of hydrogen-bond acceptors (Lipinski definition) is 11. The van der Waals surface area contributed by atoms with E-state index >= 15 is 0 Å². The molecule has 59 heavy (non-hydrogen) atoms. The van der Waals surface area contributed by atoms with Crippen LogP contribution in [0.25, 0.3) is 0 Å². The van der Waals surface area contributed by atoms with Gasteiger partial charge in [0.1, 0.15) is 42.7 Å². The summed E-state index contributed by atoms with van der Waals surface area (Å²) in [5, 5.41) is 0. The summed E-state index contributed by atoms with van der Waals surface area (Å²) in [6, 6.07) is 49.0.